The van der Waals surface area contributed by atoms with Gasteiger partial charge < -0.3 is 5.73 Å². The van der Waals surface area contributed by atoms with Crippen LogP contribution in [0.3, 0.4) is 0 Å². The Kier molecular flexibility index (Phi) is 4.21. The standard InChI is InChI=1S/C14H12BrN3O2S/c1-9-3-2-4-12(17)14(9)21(19,20)18-13-7-11(15)6-5-10(13)8-16/h2-7,18H,17H2,1H3. The lowest BCUT2D eigenvalue weighted by atomic mass is 10.2. The third-order valence-electron chi connectivity index (χ3n) is 2.86. The number of sulfonamides is 1. The average molecular weight is 366 g/mol. The highest BCUT2D eigenvalue weighted by Crippen LogP contribution is 2.27. The molecule has 0 bridgehead atoms. The smallest absolute Gasteiger partial charge is 0.264 e. The number of nitrogen functional groups attached to an aromatic ring is 1. The quantitative estimate of drug-likeness (QED) is 0.817. The minimum absolute atomic E-state index is 0.0221. The first-order valence-corrected chi connectivity index (χ1v) is 8.20. The first-order valence-electron chi connectivity index (χ1n) is 5.92. The summed E-state index contributed by atoms with van der Waals surface area (Å²) in [6, 6.07) is 11.5. The van der Waals surface area contributed by atoms with Gasteiger partial charge in [0, 0.05) is 4.47 Å². The van der Waals surface area contributed by atoms with Gasteiger partial charge >= 0.3 is 0 Å². The Hall–Kier alpha value is -2.04. The summed E-state index contributed by atoms with van der Waals surface area (Å²) in [6.07, 6.45) is 0. The van der Waals surface area contributed by atoms with Crippen molar-refractivity contribution in [1.82, 2.24) is 0 Å². The van der Waals surface area contributed by atoms with Crippen LogP contribution < -0.4 is 10.5 Å². The van der Waals surface area contributed by atoms with Crippen molar-refractivity contribution >= 4 is 37.3 Å². The molecule has 0 radical (unpaired) electrons. The van der Waals surface area contributed by atoms with Gasteiger partial charge in [-0.1, -0.05) is 28.1 Å². The highest BCUT2D eigenvalue weighted by molar-refractivity contribution is 9.10. The van der Waals surface area contributed by atoms with Crippen molar-refractivity contribution in [2.45, 2.75) is 11.8 Å². The maximum Gasteiger partial charge on any atom is 0.264 e. The summed E-state index contributed by atoms with van der Waals surface area (Å²) in [5.74, 6) is 0. The normalized spacial score (nSPS) is 10.9. The predicted octanol–water partition coefficient (Wildman–Crippen LogP) is 3.01. The number of nitrogens with one attached hydrogen (secondary N) is 1. The highest BCUT2D eigenvalue weighted by atomic mass is 79.9. The lowest BCUT2D eigenvalue weighted by Gasteiger charge is -2.13. The summed E-state index contributed by atoms with van der Waals surface area (Å²) in [4.78, 5) is 0.0221. The van der Waals surface area contributed by atoms with Crippen molar-refractivity contribution < 1.29 is 8.42 Å². The molecule has 2 aromatic rings. The maximum absolute atomic E-state index is 12.5. The van der Waals surface area contributed by atoms with Crippen LogP contribution in [0.25, 0.3) is 0 Å². The number of hydrogen-bond acceptors (Lipinski definition) is 4. The van der Waals surface area contributed by atoms with Crippen molar-refractivity contribution in [2.24, 2.45) is 0 Å². The van der Waals surface area contributed by atoms with Crippen molar-refractivity contribution in [3.63, 3.8) is 0 Å². The molecule has 0 aliphatic rings. The Labute approximate surface area is 131 Å². The molecule has 0 spiro atoms. The Morgan fingerprint density at radius 1 is 1.29 bits per heavy atom. The fourth-order valence-electron chi connectivity index (χ4n) is 1.94. The largest absolute Gasteiger partial charge is 0.398 e. The summed E-state index contributed by atoms with van der Waals surface area (Å²) >= 11 is 3.25. The molecule has 108 valence electrons. The van der Waals surface area contributed by atoms with E-state index in [1.807, 2.05) is 6.07 Å². The molecule has 7 heteroatoms. The second kappa shape index (κ2) is 5.76. The molecule has 0 saturated carbocycles. The fraction of sp³-hybridized carbons (Fsp3) is 0.0714. The van der Waals surface area contributed by atoms with Gasteiger partial charge in [-0.3, -0.25) is 4.72 Å². The number of aryl methyl sites for hydroxylation is 1. The van der Waals surface area contributed by atoms with Gasteiger partial charge in [0.1, 0.15) is 11.0 Å². The molecule has 0 unspecified atom stereocenters. The van der Waals surface area contributed by atoms with E-state index in [4.69, 9.17) is 11.0 Å². The van der Waals surface area contributed by atoms with E-state index in [0.717, 1.165) is 0 Å². The molecule has 0 amide bonds. The van der Waals surface area contributed by atoms with Gasteiger partial charge in [-0.05, 0) is 36.8 Å². The van der Waals surface area contributed by atoms with Gasteiger partial charge in [-0.2, -0.15) is 5.26 Å². The maximum atomic E-state index is 12.5. The third-order valence-corrected chi connectivity index (χ3v) is 4.93. The molecule has 21 heavy (non-hydrogen) atoms. The van der Waals surface area contributed by atoms with Crippen molar-refractivity contribution in [1.29, 1.82) is 5.26 Å². The van der Waals surface area contributed by atoms with Crippen LogP contribution in [0.15, 0.2) is 45.8 Å². The van der Waals surface area contributed by atoms with Gasteiger partial charge in [0.05, 0.1) is 16.9 Å². The summed E-state index contributed by atoms with van der Waals surface area (Å²) in [5.41, 5.74) is 6.90. The zero-order chi connectivity index (χ0) is 15.6. The number of anilines is 2. The summed E-state index contributed by atoms with van der Waals surface area (Å²) in [5, 5.41) is 9.06. The van der Waals surface area contributed by atoms with E-state index in [1.165, 1.54) is 18.2 Å². The van der Waals surface area contributed by atoms with Crippen molar-refractivity contribution in [2.75, 3.05) is 10.5 Å². The molecule has 5 nitrogen and oxygen atoms in total. The van der Waals surface area contributed by atoms with E-state index in [2.05, 4.69) is 20.7 Å². The van der Waals surface area contributed by atoms with Gasteiger partial charge in [0.2, 0.25) is 0 Å². The average Bonchev–Trinajstić information content (AvgIpc) is 2.37. The van der Waals surface area contributed by atoms with Gasteiger partial charge in [0.25, 0.3) is 10.0 Å². The monoisotopic (exact) mass is 365 g/mol. The molecule has 0 heterocycles. The molecule has 3 N–H and O–H groups in total. The number of nitrogens with zero attached hydrogens (tertiary/aromatic N) is 1. The Morgan fingerprint density at radius 2 is 2.00 bits per heavy atom. The second-order valence-electron chi connectivity index (χ2n) is 4.40. The van der Waals surface area contributed by atoms with E-state index in [-0.39, 0.29) is 21.8 Å². The summed E-state index contributed by atoms with van der Waals surface area (Å²) < 4.78 is 28.1. The Bertz CT molecular complexity index is 822. The van der Waals surface area contributed by atoms with Crippen LogP contribution in [-0.4, -0.2) is 8.42 Å². The Balaban J connectivity index is 2.53. The molecule has 0 atom stereocenters. The first-order chi connectivity index (χ1) is 9.85. The zero-order valence-electron chi connectivity index (χ0n) is 11.1. The number of nitriles is 1. The van der Waals surface area contributed by atoms with Gasteiger partial charge in [-0.15, -0.1) is 0 Å². The summed E-state index contributed by atoms with van der Waals surface area (Å²) in [7, 11) is -3.87. The van der Waals surface area contributed by atoms with E-state index in [9.17, 15) is 8.42 Å². The fourth-order valence-corrected chi connectivity index (χ4v) is 3.73. The highest BCUT2D eigenvalue weighted by Gasteiger charge is 2.21. The van der Waals surface area contributed by atoms with Crippen molar-refractivity contribution in [3.05, 3.63) is 52.0 Å². The topological polar surface area (TPSA) is 96.0 Å². The van der Waals surface area contributed by atoms with Gasteiger partial charge in [0.15, 0.2) is 0 Å². The number of rotatable bonds is 3. The van der Waals surface area contributed by atoms with Crippen LogP contribution in [0, 0.1) is 18.3 Å². The van der Waals surface area contributed by atoms with E-state index in [1.54, 1.807) is 25.1 Å². The molecule has 0 fully saturated rings. The van der Waals surface area contributed by atoms with E-state index < -0.39 is 10.0 Å². The van der Waals surface area contributed by atoms with Crippen LogP contribution in [0.4, 0.5) is 11.4 Å². The lowest BCUT2D eigenvalue weighted by molar-refractivity contribution is 0.601. The Morgan fingerprint density at radius 3 is 2.62 bits per heavy atom. The zero-order valence-corrected chi connectivity index (χ0v) is 13.5. The molecular formula is C14H12BrN3O2S. The molecule has 0 aliphatic heterocycles. The molecule has 0 aliphatic carbocycles. The molecule has 2 aromatic carbocycles. The predicted molar refractivity (Wildman–Crippen MR) is 85.3 cm³/mol. The molecular weight excluding hydrogens is 354 g/mol. The van der Waals surface area contributed by atoms with E-state index in [0.29, 0.717) is 10.0 Å². The van der Waals surface area contributed by atoms with Gasteiger partial charge in [-0.25, -0.2) is 8.42 Å². The van der Waals surface area contributed by atoms with Crippen LogP contribution >= 0.6 is 15.9 Å². The summed E-state index contributed by atoms with van der Waals surface area (Å²) in [6.45, 7) is 1.66. The lowest BCUT2D eigenvalue weighted by Crippen LogP contribution is -2.17. The number of nitrogens with two attached hydrogens (primary N) is 1. The van der Waals surface area contributed by atoms with Crippen LogP contribution in [-0.2, 0) is 10.0 Å². The number of hydrogen-bond donors (Lipinski definition) is 2. The SMILES string of the molecule is Cc1cccc(N)c1S(=O)(=O)Nc1cc(Br)ccc1C#N. The minimum atomic E-state index is -3.87. The van der Waals surface area contributed by atoms with Crippen LogP contribution in [0.1, 0.15) is 11.1 Å². The van der Waals surface area contributed by atoms with E-state index >= 15 is 0 Å². The molecule has 2 rings (SSSR count). The number of benzene rings is 2. The number of halogens is 1. The van der Waals surface area contributed by atoms with Crippen LogP contribution in [0.5, 0.6) is 0 Å². The minimum Gasteiger partial charge on any atom is -0.398 e. The van der Waals surface area contributed by atoms with Crippen molar-refractivity contribution in [3.8, 4) is 6.07 Å². The second-order valence-corrected chi connectivity index (χ2v) is 6.94. The molecule has 0 aromatic heterocycles. The molecule has 0 saturated heterocycles. The first kappa shape index (κ1) is 15.4. The van der Waals surface area contributed by atoms with Crippen LogP contribution in [0.2, 0.25) is 0 Å². The third kappa shape index (κ3) is 3.17.